The SMILES string of the molecule is Clc1cc(Cl)cc(C#CCN2CCN(c3nccs3)CC2)c1. The van der Waals surface area contributed by atoms with E-state index in [1.165, 1.54) is 0 Å². The first-order valence-electron chi connectivity index (χ1n) is 7.02. The summed E-state index contributed by atoms with van der Waals surface area (Å²) < 4.78 is 0. The van der Waals surface area contributed by atoms with Gasteiger partial charge >= 0.3 is 0 Å². The second kappa shape index (κ2) is 7.34. The highest BCUT2D eigenvalue weighted by Crippen LogP contribution is 2.19. The van der Waals surface area contributed by atoms with Gasteiger partial charge in [0.1, 0.15) is 0 Å². The third-order valence-electron chi connectivity index (χ3n) is 3.46. The van der Waals surface area contributed by atoms with Crippen LogP contribution in [0.15, 0.2) is 29.8 Å². The van der Waals surface area contributed by atoms with Crippen molar-refractivity contribution in [3.63, 3.8) is 0 Å². The van der Waals surface area contributed by atoms with Crippen LogP contribution in [0.25, 0.3) is 0 Å². The first kappa shape index (κ1) is 15.6. The molecule has 0 radical (unpaired) electrons. The summed E-state index contributed by atoms with van der Waals surface area (Å²) in [5.74, 6) is 6.33. The van der Waals surface area contributed by atoms with Gasteiger partial charge in [-0.15, -0.1) is 11.3 Å². The first-order valence-corrected chi connectivity index (χ1v) is 8.66. The maximum absolute atomic E-state index is 5.97. The molecule has 1 aromatic heterocycles. The molecule has 1 saturated heterocycles. The van der Waals surface area contributed by atoms with E-state index in [0.29, 0.717) is 10.0 Å². The molecule has 114 valence electrons. The fourth-order valence-corrected chi connectivity index (χ4v) is 3.57. The lowest BCUT2D eigenvalue weighted by atomic mass is 10.2. The van der Waals surface area contributed by atoms with Crippen LogP contribution >= 0.6 is 34.5 Å². The Bertz CT molecular complexity index is 663. The van der Waals surface area contributed by atoms with Gasteiger partial charge in [0.2, 0.25) is 0 Å². The van der Waals surface area contributed by atoms with E-state index < -0.39 is 0 Å². The number of hydrogen-bond acceptors (Lipinski definition) is 4. The van der Waals surface area contributed by atoms with Crippen molar-refractivity contribution >= 4 is 39.7 Å². The van der Waals surface area contributed by atoms with Gasteiger partial charge in [-0.3, -0.25) is 4.90 Å². The topological polar surface area (TPSA) is 19.4 Å². The number of hydrogen-bond donors (Lipinski definition) is 0. The molecule has 0 spiro atoms. The summed E-state index contributed by atoms with van der Waals surface area (Å²) in [7, 11) is 0. The fraction of sp³-hybridized carbons (Fsp3) is 0.312. The van der Waals surface area contributed by atoms with Gasteiger partial charge in [0.15, 0.2) is 5.13 Å². The zero-order chi connectivity index (χ0) is 15.4. The molecule has 0 amide bonds. The third-order valence-corrected chi connectivity index (χ3v) is 4.73. The van der Waals surface area contributed by atoms with Crippen LogP contribution in [0.1, 0.15) is 5.56 Å². The maximum Gasteiger partial charge on any atom is 0.185 e. The molecule has 2 heterocycles. The van der Waals surface area contributed by atoms with E-state index in [-0.39, 0.29) is 0 Å². The van der Waals surface area contributed by atoms with Crippen LogP contribution in [0.2, 0.25) is 10.0 Å². The summed E-state index contributed by atoms with van der Waals surface area (Å²) >= 11 is 13.6. The van der Waals surface area contributed by atoms with Crippen molar-refractivity contribution in [2.45, 2.75) is 0 Å². The number of thiazole rings is 1. The van der Waals surface area contributed by atoms with Crippen LogP contribution in [-0.4, -0.2) is 42.6 Å². The van der Waals surface area contributed by atoms with Gasteiger partial charge in [0.05, 0.1) is 6.54 Å². The van der Waals surface area contributed by atoms with Crippen LogP contribution in [-0.2, 0) is 0 Å². The van der Waals surface area contributed by atoms with Crippen molar-refractivity contribution in [1.82, 2.24) is 9.88 Å². The molecule has 6 heteroatoms. The largest absolute Gasteiger partial charge is 0.346 e. The number of anilines is 1. The highest BCUT2D eigenvalue weighted by atomic mass is 35.5. The molecule has 1 aliphatic heterocycles. The highest BCUT2D eigenvalue weighted by Gasteiger charge is 2.17. The molecule has 1 aliphatic rings. The summed E-state index contributed by atoms with van der Waals surface area (Å²) in [6.07, 6.45) is 1.86. The number of aromatic nitrogens is 1. The Kier molecular flexibility index (Phi) is 5.22. The zero-order valence-electron chi connectivity index (χ0n) is 11.9. The van der Waals surface area contributed by atoms with Gasteiger partial charge in [-0.2, -0.15) is 0 Å². The zero-order valence-corrected chi connectivity index (χ0v) is 14.3. The van der Waals surface area contributed by atoms with E-state index in [2.05, 4.69) is 26.6 Å². The molecule has 0 unspecified atom stereocenters. The summed E-state index contributed by atoms with van der Waals surface area (Å²) in [6, 6.07) is 5.38. The van der Waals surface area contributed by atoms with Gasteiger partial charge in [-0.05, 0) is 18.2 Å². The van der Waals surface area contributed by atoms with Crippen molar-refractivity contribution in [2.24, 2.45) is 0 Å². The maximum atomic E-state index is 5.97. The van der Waals surface area contributed by atoms with E-state index >= 15 is 0 Å². The predicted molar refractivity (Wildman–Crippen MR) is 94.1 cm³/mol. The number of piperazine rings is 1. The van der Waals surface area contributed by atoms with Crippen molar-refractivity contribution in [2.75, 3.05) is 37.6 Å². The summed E-state index contributed by atoms with van der Waals surface area (Å²) in [5.41, 5.74) is 0.860. The Morgan fingerprint density at radius 1 is 1.09 bits per heavy atom. The van der Waals surface area contributed by atoms with E-state index in [9.17, 15) is 0 Å². The Labute approximate surface area is 144 Å². The Morgan fingerprint density at radius 2 is 1.82 bits per heavy atom. The highest BCUT2D eigenvalue weighted by molar-refractivity contribution is 7.13. The van der Waals surface area contributed by atoms with Crippen LogP contribution in [0, 0.1) is 11.8 Å². The molecular formula is C16H15Cl2N3S. The van der Waals surface area contributed by atoms with Gasteiger partial charge in [-0.1, -0.05) is 35.0 Å². The van der Waals surface area contributed by atoms with E-state index in [0.717, 1.165) is 43.4 Å². The molecule has 2 aromatic rings. The Morgan fingerprint density at radius 3 is 2.45 bits per heavy atom. The van der Waals surface area contributed by atoms with Crippen LogP contribution < -0.4 is 4.90 Å². The quantitative estimate of drug-likeness (QED) is 0.770. The van der Waals surface area contributed by atoms with Crippen LogP contribution in [0.3, 0.4) is 0 Å². The lowest BCUT2D eigenvalue weighted by molar-refractivity contribution is 0.288. The molecule has 0 aliphatic carbocycles. The lowest BCUT2D eigenvalue weighted by Crippen LogP contribution is -2.46. The monoisotopic (exact) mass is 351 g/mol. The predicted octanol–water partition coefficient (Wildman–Crippen LogP) is 3.62. The minimum absolute atomic E-state index is 0.619. The molecule has 1 aromatic carbocycles. The minimum atomic E-state index is 0.619. The van der Waals surface area contributed by atoms with Crippen molar-refractivity contribution in [1.29, 1.82) is 0 Å². The second-order valence-corrected chi connectivity index (χ2v) is 6.78. The van der Waals surface area contributed by atoms with Crippen LogP contribution in [0.5, 0.6) is 0 Å². The third kappa shape index (κ3) is 4.15. The summed E-state index contributed by atoms with van der Waals surface area (Å²) in [4.78, 5) is 9.03. The fourth-order valence-electron chi connectivity index (χ4n) is 2.35. The van der Waals surface area contributed by atoms with Gasteiger partial charge in [-0.25, -0.2) is 4.98 Å². The molecule has 1 fully saturated rings. The van der Waals surface area contributed by atoms with Crippen molar-refractivity contribution in [3.8, 4) is 11.8 Å². The molecule has 3 nitrogen and oxygen atoms in total. The smallest absolute Gasteiger partial charge is 0.185 e. The molecular weight excluding hydrogens is 337 g/mol. The summed E-state index contributed by atoms with van der Waals surface area (Å²) in [6.45, 7) is 4.77. The van der Waals surface area contributed by atoms with Gasteiger partial charge in [0, 0.05) is 53.4 Å². The molecule has 0 atom stereocenters. The second-order valence-electron chi connectivity index (χ2n) is 5.04. The molecule has 22 heavy (non-hydrogen) atoms. The first-order chi connectivity index (χ1) is 10.7. The molecule has 3 rings (SSSR count). The number of nitrogens with zero attached hydrogens (tertiary/aromatic N) is 3. The Balaban J connectivity index is 1.52. The van der Waals surface area contributed by atoms with Crippen LogP contribution in [0.4, 0.5) is 5.13 Å². The summed E-state index contributed by atoms with van der Waals surface area (Å²) in [5, 5.41) is 4.37. The average Bonchev–Trinajstić information content (AvgIpc) is 3.01. The molecule has 0 saturated carbocycles. The van der Waals surface area contributed by atoms with Crippen molar-refractivity contribution < 1.29 is 0 Å². The van der Waals surface area contributed by atoms with E-state index in [4.69, 9.17) is 23.2 Å². The lowest BCUT2D eigenvalue weighted by Gasteiger charge is -2.33. The Hall–Kier alpha value is -1.25. The number of halogens is 2. The standard InChI is InChI=1S/C16H15Cl2N3S/c17-14-10-13(11-15(18)12-14)2-1-4-20-5-7-21(8-6-20)16-19-3-9-22-16/h3,9-12H,4-8H2. The van der Waals surface area contributed by atoms with E-state index in [1.807, 2.05) is 23.7 Å². The van der Waals surface area contributed by atoms with Gasteiger partial charge < -0.3 is 4.90 Å². The van der Waals surface area contributed by atoms with Crippen molar-refractivity contribution in [3.05, 3.63) is 45.4 Å². The molecule has 0 N–H and O–H groups in total. The average molecular weight is 352 g/mol. The van der Waals surface area contributed by atoms with E-state index in [1.54, 1.807) is 17.4 Å². The number of rotatable bonds is 2. The minimum Gasteiger partial charge on any atom is -0.346 e. The number of benzene rings is 1. The normalized spacial score (nSPS) is 15.5. The van der Waals surface area contributed by atoms with Gasteiger partial charge in [0.25, 0.3) is 0 Å². The molecule has 0 bridgehead atoms.